The molecule has 3 atom stereocenters. The summed E-state index contributed by atoms with van der Waals surface area (Å²) in [5, 5.41) is 3.01. The molecule has 0 radical (unpaired) electrons. The summed E-state index contributed by atoms with van der Waals surface area (Å²) in [7, 11) is 1.69. The predicted octanol–water partition coefficient (Wildman–Crippen LogP) is 2.73. The van der Waals surface area contributed by atoms with Gasteiger partial charge in [-0.05, 0) is 24.5 Å². The number of benzene rings is 1. The lowest BCUT2D eigenvalue weighted by Crippen LogP contribution is -2.44. The van der Waals surface area contributed by atoms with Crippen LogP contribution in [0.1, 0.15) is 23.5 Å². The van der Waals surface area contributed by atoms with Crippen LogP contribution in [0, 0.1) is 12.8 Å². The van der Waals surface area contributed by atoms with Crippen molar-refractivity contribution in [2.75, 3.05) is 25.1 Å². The van der Waals surface area contributed by atoms with E-state index in [1.807, 2.05) is 30.0 Å². The Kier molecular flexibility index (Phi) is 4.74. The second-order valence-electron chi connectivity index (χ2n) is 7.51. The molecule has 2 fully saturated rings. The zero-order valence-electron chi connectivity index (χ0n) is 15.7. The number of anilines is 1. The van der Waals surface area contributed by atoms with Crippen LogP contribution in [0.15, 0.2) is 47.4 Å². The minimum Gasteiger partial charge on any atom is -0.381 e. The predicted molar refractivity (Wildman–Crippen MR) is 104 cm³/mol. The number of nitrogens with zero attached hydrogens (tertiary/aromatic N) is 2. The maximum atomic E-state index is 13.1. The summed E-state index contributed by atoms with van der Waals surface area (Å²) in [6, 6.07) is 12.0. The van der Waals surface area contributed by atoms with Crippen LogP contribution in [0.4, 0.5) is 10.5 Å². The number of amides is 2. The van der Waals surface area contributed by atoms with Gasteiger partial charge < -0.3 is 19.5 Å². The monoisotopic (exact) mass is 367 g/mol. The fourth-order valence-electron chi connectivity index (χ4n) is 4.33. The van der Waals surface area contributed by atoms with Gasteiger partial charge in [0, 0.05) is 50.3 Å². The lowest BCUT2D eigenvalue weighted by molar-refractivity contribution is 0.0272. The summed E-state index contributed by atoms with van der Waals surface area (Å²) in [6.07, 6.45) is 2.54. The van der Waals surface area contributed by atoms with E-state index in [9.17, 15) is 9.59 Å². The highest BCUT2D eigenvalue weighted by molar-refractivity contribution is 5.90. The third-order valence-corrected chi connectivity index (χ3v) is 5.84. The molecule has 2 amide bonds. The molecule has 2 aliphatic rings. The van der Waals surface area contributed by atoms with Crippen molar-refractivity contribution in [2.45, 2.75) is 25.3 Å². The van der Waals surface area contributed by atoms with Gasteiger partial charge in [-0.1, -0.05) is 30.3 Å². The van der Waals surface area contributed by atoms with Gasteiger partial charge in [0.05, 0.1) is 12.3 Å². The number of nitrogens with one attached hydrogen (secondary N) is 1. The van der Waals surface area contributed by atoms with Gasteiger partial charge in [-0.2, -0.15) is 0 Å². The molecule has 0 spiro atoms. The average Bonchev–Trinajstić information content (AvgIpc) is 3.07. The second-order valence-corrected chi connectivity index (χ2v) is 7.51. The molecule has 0 saturated carbocycles. The Morgan fingerprint density at radius 1 is 1.26 bits per heavy atom. The van der Waals surface area contributed by atoms with Crippen LogP contribution in [-0.2, 0) is 11.8 Å². The van der Waals surface area contributed by atoms with Crippen molar-refractivity contribution in [1.82, 2.24) is 9.47 Å². The third-order valence-electron chi connectivity index (χ3n) is 5.84. The van der Waals surface area contributed by atoms with Gasteiger partial charge >= 0.3 is 6.03 Å². The van der Waals surface area contributed by atoms with Crippen molar-refractivity contribution in [1.29, 1.82) is 0 Å². The highest BCUT2D eigenvalue weighted by Crippen LogP contribution is 2.41. The molecule has 1 aromatic heterocycles. The van der Waals surface area contributed by atoms with Gasteiger partial charge in [-0.3, -0.25) is 4.79 Å². The molecule has 142 valence electrons. The van der Waals surface area contributed by atoms with E-state index < -0.39 is 0 Å². The van der Waals surface area contributed by atoms with E-state index in [1.54, 1.807) is 19.3 Å². The van der Waals surface area contributed by atoms with Crippen molar-refractivity contribution in [3.05, 3.63) is 64.1 Å². The summed E-state index contributed by atoms with van der Waals surface area (Å²) in [5.74, 6) is 0.594. The Bertz CT molecular complexity index is 893. The van der Waals surface area contributed by atoms with E-state index >= 15 is 0 Å². The number of ether oxygens (including phenoxy) is 1. The highest BCUT2D eigenvalue weighted by Gasteiger charge is 2.45. The smallest absolute Gasteiger partial charge is 0.322 e. The largest absolute Gasteiger partial charge is 0.381 e. The quantitative estimate of drug-likeness (QED) is 0.888. The highest BCUT2D eigenvalue weighted by atomic mass is 16.5. The number of fused-ring (bicyclic) bond motifs is 1. The van der Waals surface area contributed by atoms with Crippen LogP contribution < -0.4 is 10.9 Å². The summed E-state index contributed by atoms with van der Waals surface area (Å²) in [6.45, 7) is 3.89. The van der Waals surface area contributed by atoms with Crippen molar-refractivity contribution < 1.29 is 9.53 Å². The Labute approximate surface area is 158 Å². The Morgan fingerprint density at radius 3 is 2.81 bits per heavy atom. The van der Waals surface area contributed by atoms with E-state index in [0.717, 1.165) is 12.0 Å². The zero-order valence-corrected chi connectivity index (χ0v) is 15.7. The molecule has 2 aliphatic heterocycles. The van der Waals surface area contributed by atoms with Gasteiger partial charge in [-0.25, -0.2) is 4.79 Å². The number of carbonyl (C=O) groups excluding carboxylic acids is 1. The summed E-state index contributed by atoms with van der Waals surface area (Å²) in [5.41, 5.74) is 2.62. The molecule has 0 bridgehead atoms. The summed E-state index contributed by atoms with van der Waals surface area (Å²) < 4.78 is 7.22. The van der Waals surface area contributed by atoms with Crippen LogP contribution >= 0.6 is 0 Å². The molecule has 2 saturated heterocycles. The molecule has 27 heavy (non-hydrogen) atoms. The third kappa shape index (κ3) is 3.37. The molecule has 1 aromatic carbocycles. The van der Waals surface area contributed by atoms with Gasteiger partial charge in [0.25, 0.3) is 5.56 Å². The number of aromatic nitrogens is 1. The number of aryl methyl sites for hydroxylation is 2. The number of hydrogen-bond acceptors (Lipinski definition) is 3. The Balaban J connectivity index is 1.58. The van der Waals surface area contributed by atoms with Crippen molar-refractivity contribution in [3.63, 3.8) is 0 Å². The molecule has 2 aromatic rings. The molecular formula is C21H25N3O3. The molecule has 0 aliphatic carbocycles. The van der Waals surface area contributed by atoms with Crippen LogP contribution in [0.3, 0.4) is 0 Å². The standard InChI is InChI=1S/C21H25N3O3/c1-14-10-20(25)23(2)12-18(14)22-21(26)24-11-16(15-6-4-3-5-7-15)17-13-27-9-8-19(17)24/h3-7,10,12,16-17,19H,8-9,11,13H2,1-2H3,(H,22,26)/t16-,17-,19+/m1/s1. The number of carbonyl (C=O) groups is 1. The van der Waals surface area contributed by atoms with E-state index in [2.05, 4.69) is 17.4 Å². The molecular weight excluding hydrogens is 342 g/mol. The lowest BCUT2D eigenvalue weighted by Gasteiger charge is -2.32. The first kappa shape index (κ1) is 17.8. The molecule has 1 N–H and O–H groups in total. The number of pyridine rings is 1. The van der Waals surface area contributed by atoms with E-state index in [0.29, 0.717) is 31.4 Å². The fourth-order valence-corrected chi connectivity index (χ4v) is 4.33. The van der Waals surface area contributed by atoms with Gasteiger partial charge in [0.1, 0.15) is 0 Å². The average molecular weight is 367 g/mol. The number of urea groups is 1. The Morgan fingerprint density at radius 2 is 2.04 bits per heavy atom. The van der Waals surface area contributed by atoms with Gasteiger partial charge in [0.2, 0.25) is 0 Å². The minimum atomic E-state index is -0.105. The topological polar surface area (TPSA) is 63.6 Å². The van der Waals surface area contributed by atoms with Crippen LogP contribution in [-0.4, -0.2) is 41.3 Å². The van der Waals surface area contributed by atoms with Crippen LogP contribution in [0.2, 0.25) is 0 Å². The molecule has 0 unspecified atom stereocenters. The van der Waals surface area contributed by atoms with Crippen LogP contribution in [0.5, 0.6) is 0 Å². The first-order valence-corrected chi connectivity index (χ1v) is 9.42. The second kappa shape index (κ2) is 7.19. The number of rotatable bonds is 2. The van der Waals surface area contributed by atoms with Crippen molar-refractivity contribution >= 4 is 11.7 Å². The first-order chi connectivity index (χ1) is 13.0. The number of hydrogen-bond donors (Lipinski definition) is 1. The van der Waals surface area contributed by atoms with Gasteiger partial charge in [-0.15, -0.1) is 0 Å². The number of likely N-dealkylation sites (tertiary alicyclic amines) is 1. The van der Waals surface area contributed by atoms with Crippen LogP contribution in [0.25, 0.3) is 0 Å². The van der Waals surface area contributed by atoms with E-state index in [1.165, 1.54) is 10.1 Å². The zero-order chi connectivity index (χ0) is 19.0. The maximum absolute atomic E-state index is 13.1. The molecule has 4 rings (SSSR count). The first-order valence-electron chi connectivity index (χ1n) is 9.42. The molecule has 3 heterocycles. The summed E-state index contributed by atoms with van der Waals surface area (Å²) in [4.78, 5) is 26.8. The lowest BCUT2D eigenvalue weighted by atomic mass is 9.84. The van der Waals surface area contributed by atoms with Crippen molar-refractivity contribution in [3.8, 4) is 0 Å². The minimum absolute atomic E-state index is 0.0830. The maximum Gasteiger partial charge on any atom is 0.322 e. The normalized spacial score (nSPS) is 24.5. The molecule has 6 nitrogen and oxygen atoms in total. The van der Waals surface area contributed by atoms with Crippen molar-refractivity contribution in [2.24, 2.45) is 13.0 Å². The van der Waals surface area contributed by atoms with E-state index in [-0.39, 0.29) is 23.6 Å². The summed E-state index contributed by atoms with van der Waals surface area (Å²) >= 11 is 0. The fraction of sp³-hybridized carbons (Fsp3) is 0.429. The van der Waals surface area contributed by atoms with Gasteiger partial charge in [0.15, 0.2) is 0 Å². The Hall–Kier alpha value is -2.60. The molecule has 6 heteroatoms. The SMILES string of the molecule is Cc1cc(=O)n(C)cc1NC(=O)N1C[C@H](c2ccccc2)[C@H]2COCC[C@@H]21. The van der Waals surface area contributed by atoms with E-state index in [4.69, 9.17) is 4.74 Å².